The average molecular weight is 426 g/mol. The lowest BCUT2D eigenvalue weighted by atomic mass is 10.2. The molecule has 30 heavy (non-hydrogen) atoms. The summed E-state index contributed by atoms with van der Waals surface area (Å²) in [6.07, 6.45) is 1.64. The molecule has 156 valence electrons. The summed E-state index contributed by atoms with van der Waals surface area (Å²) in [5, 5.41) is 7.41. The number of nitrogens with two attached hydrogens (primary N) is 1. The van der Waals surface area contributed by atoms with Gasteiger partial charge in [0.1, 0.15) is 11.0 Å². The summed E-state index contributed by atoms with van der Waals surface area (Å²) in [5.74, 6) is 0.0471. The number of anilines is 2. The van der Waals surface area contributed by atoms with Gasteiger partial charge in [-0.15, -0.1) is 5.10 Å². The van der Waals surface area contributed by atoms with Crippen LogP contribution in [0.15, 0.2) is 58.7 Å². The number of thioether (sulfide) groups is 1. The van der Waals surface area contributed by atoms with Crippen molar-refractivity contribution in [2.75, 3.05) is 31.0 Å². The van der Waals surface area contributed by atoms with Crippen molar-refractivity contribution in [2.45, 2.75) is 11.7 Å². The molecule has 1 aliphatic rings. The standard InChI is InChI=1S/C21H23N5O3S/c1-25(2)15-6-4-14(5-7-15)13-23-24-21(22)30-18-12-19(27)26(20(18)28)16-8-10-17(29-3)11-9-16/h4-11,13,18H,12H2,1-3H3,(H2,22,24)/b23-13-/t18-/m0/s1. The molecule has 1 saturated heterocycles. The molecule has 1 aliphatic heterocycles. The maximum Gasteiger partial charge on any atom is 0.247 e. The largest absolute Gasteiger partial charge is 0.497 e. The third-order valence-corrected chi connectivity index (χ3v) is 5.45. The summed E-state index contributed by atoms with van der Waals surface area (Å²) in [4.78, 5) is 28.2. The Hall–Kier alpha value is -3.33. The normalized spacial score (nSPS) is 17.1. The van der Waals surface area contributed by atoms with Crippen LogP contribution in [0.25, 0.3) is 0 Å². The second kappa shape index (κ2) is 9.45. The minimum Gasteiger partial charge on any atom is -0.497 e. The van der Waals surface area contributed by atoms with Gasteiger partial charge in [0.25, 0.3) is 0 Å². The first-order valence-electron chi connectivity index (χ1n) is 9.20. The number of hydrogen-bond donors (Lipinski definition) is 1. The van der Waals surface area contributed by atoms with E-state index in [0.29, 0.717) is 11.4 Å². The topological polar surface area (TPSA) is 101 Å². The number of benzene rings is 2. The van der Waals surface area contributed by atoms with Gasteiger partial charge < -0.3 is 15.4 Å². The molecule has 1 heterocycles. The van der Waals surface area contributed by atoms with Crippen LogP contribution in [-0.2, 0) is 9.59 Å². The molecule has 0 unspecified atom stereocenters. The van der Waals surface area contributed by atoms with E-state index in [1.807, 2.05) is 43.3 Å². The quantitative estimate of drug-likeness (QED) is 0.330. The molecule has 0 spiro atoms. The Balaban J connectivity index is 1.62. The van der Waals surface area contributed by atoms with Crippen LogP contribution in [0, 0.1) is 0 Å². The van der Waals surface area contributed by atoms with Crippen LogP contribution in [0.3, 0.4) is 0 Å². The highest BCUT2D eigenvalue weighted by molar-refractivity contribution is 8.14. The number of carbonyl (C=O) groups excluding carboxylic acids is 2. The molecule has 0 aromatic heterocycles. The lowest BCUT2D eigenvalue weighted by Crippen LogP contribution is -2.31. The number of methoxy groups -OCH3 is 1. The van der Waals surface area contributed by atoms with E-state index >= 15 is 0 Å². The van der Waals surface area contributed by atoms with Crippen LogP contribution in [0.2, 0.25) is 0 Å². The monoisotopic (exact) mass is 425 g/mol. The van der Waals surface area contributed by atoms with Gasteiger partial charge >= 0.3 is 0 Å². The third-order valence-electron chi connectivity index (χ3n) is 4.47. The summed E-state index contributed by atoms with van der Waals surface area (Å²) in [7, 11) is 5.49. The van der Waals surface area contributed by atoms with E-state index in [9.17, 15) is 9.59 Å². The molecule has 0 bridgehead atoms. The fraction of sp³-hybridized carbons (Fsp3) is 0.238. The second-order valence-electron chi connectivity index (χ2n) is 6.74. The first kappa shape index (κ1) is 21.4. The third kappa shape index (κ3) is 4.98. The molecule has 2 N–H and O–H groups in total. The minimum atomic E-state index is -0.627. The van der Waals surface area contributed by atoms with E-state index in [1.165, 1.54) is 4.90 Å². The van der Waals surface area contributed by atoms with Gasteiger partial charge in [0.2, 0.25) is 11.8 Å². The van der Waals surface area contributed by atoms with E-state index in [0.717, 1.165) is 23.0 Å². The number of imide groups is 1. The number of nitrogens with zero attached hydrogens (tertiary/aromatic N) is 4. The number of rotatable bonds is 6. The maximum absolute atomic E-state index is 12.7. The van der Waals surface area contributed by atoms with Crippen LogP contribution in [-0.4, -0.2) is 49.7 Å². The van der Waals surface area contributed by atoms with Crippen molar-refractivity contribution < 1.29 is 14.3 Å². The van der Waals surface area contributed by atoms with E-state index in [4.69, 9.17) is 10.5 Å². The first-order chi connectivity index (χ1) is 14.4. The van der Waals surface area contributed by atoms with E-state index in [-0.39, 0.29) is 23.4 Å². The van der Waals surface area contributed by atoms with Gasteiger partial charge in [-0.05, 0) is 42.0 Å². The van der Waals surface area contributed by atoms with Gasteiger partial charge in [-0.3, -0.25) is 9.59 Å². The van der Waals surface area contributed by atoms with Gasteiger partial charge in [-0.2, -0.15) is 5.10 Å². The Morgan fingerprint density at radius 2 is 1.83 bits per heavy atom. The molecule has 0 saturated carbocycles. The van der Waals surface area contributed by atoms with Crippen molar-refractivity contribution in [2.24, 2.45) is 15.9 Å². The molecule has 8 nitrogen and oxygen atoms in total. The van der Waals surface area contributed by atoms with Crippen molar-refractivity contribution in [3.8, 4) is 5.75 Å². The predicted molar refractivity (Wildman–Crippen MR) is 121 cm³/mol. The van der Waals surface area contributed by atoms with Crippen LogP contribution in [0.4, 0.5) is 11.4 Å². The number of ether oxygens (including phenoxy) is 1. The first-order valence-corrected chi connectivity index (χ1v) is 10.1. The Labute approximate surface area is 179 Å². The zero-order chi connectivity index (χ0) is 21.7. The molecule has 1 fully saturated rings. The number of hydrogen-bond acceptors (Lipinski definition) is 7. The number of carbonyl (C=O) groups is 2. The summed E-state index contributed by atoms with van der Waals surface area (Å²) < 4.78 is 5.10. The maximum atomic E-state index is 12.7. The van der Waals surface area contributed by atoms with Crippen LogP contribution < -0.4 is 20.3 Å². The highest BCUT2D eigenvalue weighted by Crippen LogP contribution is 2.30. The van der Waals surface area contributed by atoms with Crippen molar-refractivity contribution in [1.82, 2.24) is 0 Å². The molecule has 2 aromatic carbocycles. The van der Waals surface area contributed by atoms with E-state index < -0.39 is 5.25 Å². The molecule has 1 atom stereocenters. The zero-order valence-electron chi connectivity index (χ0n) is 17.0. The van der Waals surface area contributed by atoms with Crippen molar-refractivity contribution in [1.29, 1.82) is 0 Å². The van der Waals surface area contributed by atoms with E-state index in [1.54, 1.807) is 37.6 Å². The van der Waals surface area contributed by atoms with Gasteiger partial charge in [0.05, 0.1) is 19.0 Å². The summed E-state index contributed by atoms with van der Waals surface area (Å²) >= 11 is 1.04. The lowest BCUT2D eigenvalue weighted by molar-refractivity contribution is -0.121. The molecular weight excluding hydrogens is 402 g/mol. The summed E-state index contributed by atoms with van der Waals surface area (Å²) in [6.45, 7) is 0. The summed E-state index contributed by atoms with van der Waals surface area (Å²) in [6, 6.07) is 14.5. The number of amides is 2. The minimum absolute atomic E-state index is 0.0570. The van der Waals surface area contributed by atoms with Gasteiger partial charge in [0, 0.05) is 26.2 Å². The Bertz CT molecular complexity index is 971. The highest BCUT2D eigenvalue weighted by Gasteiger charge is 2.40. The predicted octanol–water partition coefficient (Wildman–Crippen LogP) is 2.48. The zero-order valence-corrected chi connectivity index (χ0v) is 17.8. The van der Waals surface area contributed by atoms with Crippen LogP contribution >= 0.6 is 11.8 Å². The molecule has 0 radical (unpaired) electrons. The molecule has 2 aromatic rings. The molecule has 2 amide bonds. The van der Waals surface area contributed by atoms with Crippen molar-refractivity contribution in [3.63, 3.8) is 0 Å². The van der Waals surface area contributed by atoms with Gasteiger partial charge in [-0.25, -0.2) is 4.90 Å². The number of amidine groups is 1. The Morgan fingerprint density at radius 3 is 2.43 bits per heavy atom. The molecule has 0 aliphatic carbocycles. The van der Waals surface area contributed by atoms with Crippen LogP contribution in [0.1, 0.15) is 12.0 Å². The Morgan fingerprint density at radius 1 is 1.17 bits per heavy atom. The van der Waals surface area contributed by atoms with Crippen molar-refractivity contribution in [3.05, 3.63) is 54.1 Å². The van der Waals surface area contributed by atoms with E-state index in [2.05, 4.69) is 10.2 Å². The smallest absolute Gasteiger partial charge is 0.247 e. The molecule has 3 rings (SSSR count). The second-order valence-corrected chi connectivity index (χ2v) is 7.97. The highest BCUT2D eigenvalue weighted by atomic mass is 32.2. The molecular formula is C21H23N5O3S. The molecule has 9 heteroatoms. The van der Waals surface area contributed by atoms with Crippen molar-refractivity contribution >= 4 is 46.3 Å². The fourth-order valence-corrected chi connectivity index (χ4v) is 3.70. The van der Waals surface area contributed by atoms with Gasteiger partial charge in [0.15, 0.2) is 5.17 Å². The van der Waals surface area contributed by atoms with Crippen LogP contribution in [0.5, 0.6) is 5.75 Å². The SMILES string of the molecule is COc1ccc(N2C(=O)C[C@H](SC(N)=N/N=C\c3ccc(N(C)C)cc3)C2=O)cc1. The average Bonchev–Trinajstić information content (AvgIpc) is 3.01. The van der Waals surface area contributed by atoms with Gasteiger partial charge in [-0.1, -0.05) is 23.9 Å². The fourth-order valence-electron chi connectivity index (χ4n) is 2.88. The lowest BCUT2D eigenvalue weighted by Gasteiger charge is -2.15. The Kier molecular flexibility index (Phi) is 6.73. The summed E-state index contributed by atoms with van der Waals surface area (Å²) in [5.41, 5.74) is 8.36.